The molecule has 0 fully saturated rings. The van der Waals surface area contributed by atoms with Crippen molar-refractivity contribution in [1.82, 2.24) is 5.32 Å². The first-order valence-corrected chi connectivity index (χ1v) is 7.83. The van der Waals surface area contributed by atoms with Crippen molar-refractivity contribution in [3.8, 4) is 0 Å². The fourth-order valence-corrected chi connectivity index (χ4v) is 2.62. The van der Waals surface area contributed by atoms with Gasteiger partial charge >= 0.3 is 0 Å². The zero-order valence-corrected chi connectivity index (χ0v) is 15.5. The van der Waals surface area contributed by atoms with Crippen LogP contribution in [0.3, 0.4) is 0 Å². The Morgan fingerprint density at radius 2 is 1.25 bits per heavy atom. The summed E-state index contributed by atoms with van der Waals surface area (Å²) in [4.78, 5) is 12.3. The fourth-order valence-electron chi connectivity index (χ4n) is 2.62. The van der Waals surface area contributed by atoms with Crippen molar-refractivity contribution in [3.63, 3.8) is 0 Å². The lowest BCUT2D eigenvalue weighted by atomic mass is 9.70. The van der Waals surface area contributed by atoms with Crippen molar-refractivity contribution in [3.05, 3.63) is 0 Å². The molecule has 120 valence electrons. The molecule has 0 atom stereocenters. The predicted octanol–water partition coefficient (Wildman–Crippen LogP) is 4.82. The van der Waals surface area contributed by atoms with Crippen molar-refractivity contribution in [2.45, 2.75) is 87.6 Å². The van der Waals surface area contributed by atoms with Gasteiger partial charge < -0.3 is 5.32 Å². The summed E-state index contributed by atoms with van der Waals surface area (Å²) < 4.78 is 0. The third-order valence-electron chi connectivity index (χ3n) is 3.53. The van der Waals surface area contributed by atoms with E-state index in [4.69, 9.17) is 0 Å². The highest BCUT2D eigenvalue weighted by molar-refractivity contribution is 5.84. The van der Waals surface area contributed by atoms with Crippen LogP contribution in [0.15, 0.2) is 0 Å². The number of nitrogens with one attached hydrogen (secondary N) is 1. The third-order valence-corrected chi connectivity index (χ3v) is 3.53. The lowest BCUT2D eigenvalue weighted by molar-refractivity contribution is -0.128. The summed E-state index contributed by atoms with van der Waals surface area (Å²) in [6, 6.07) is 0. The largest absolute Gasteiger partial charge is 0.312 e. The highest BCUT2D eigenvalue weighted by atomic mass is 16.1. The van der Waals surface area contributed by atoms with Crippen LogP contribution in [-0.2, 0) is 4.79 Å². The van der Waals surface area contributed by atoms with Gasteiger partial charge in [0.05, 0.1) is 0 Å². The fraction of sp³-hybridized carbons (Fsp3) is 0.944. The topological polar surface area (TPSA) is 29.1 Å². The van der Waals surface area contributed by atoms with Gasteiger partial charge in [0, 0.05) is 23.9 Å². The highest BCUT2D eigenvalue weighted by Crippen LogP contribution is 2.38. The first-order valence-electron chi connectivity index (χ1n) is 7.83. The summed E-state index contributed by atoms with van der Waals surface area (Å²) in [6.45, 7) is 22.6. The van der Waals surface area contributed by atoms with Crippen LogP contribution in [0.25, 0.3) is 0 Å². The highest BCUT2D eigenvalue weighted by Gasteiger charge is 2.34. The van der Waals surface area contributed by atoms with Crippen LogP contribution in [0.1, 0.15) is 82.1 Å². The average molecular weight is 283 g/mol. The van der Waals surface area contributed by atoms with Gasteiger partial charge in [-0.1, -0.05) is 48.5 Å². The van der Waals surface area contributed by atoms with E-state index in [1.54, 1.807) is 0 Å². The molecule has 0 aliphatic heterocycles. The van der Waals surface area contributed by atoms with E-state index in [0.717, 1.165) is 13.0 Å². The van der Waals surface area contributed by atoms with Crippen LogP contribution < -0.4 is 5.32 Å². The Hall–Kier alpha value is -0.370. The second kappa shape index (κ2) is 6.17. The minimum absolute atomic E-state index is 0.0490. The van der Waals surface area contributed by atoms with E-state index in [0.29, 0.717) is 12.2 Å². The maximum atomic E-state index is 12.3. The Labute approximate surface area is 127 Å². The molecule has 0 aromatic carbocycles. The van der Waals surface area contributed by atoms with Crippen LogP contribution in [-0.4, -0.2) is 17.9 Å². The van der Waals surface area contributed by atoms with Crippen LogP contribution >= 0.6 is 0 Å². The lowest BCUT2D eigenvalue weighted by Gasteiger charge is -2.38. The second-order valence-corrected chi connectivity index (χ2v) is 9.96. The van der Waals surface area contributed by atoms with E-state index in [-0.39, 0.29) is 21.8 Å². The summed E-state index contributed by atoms with van der Waals surface area (Å²) in [7, 11) is 0. The number of hydrogen-bond acceptors (Lipinski definition) is 2. The third kappa shape index (κ3) is 8.73. The van der Waals surface area contributed by atoms with Gasteiger partial charge in [-0.15, -0.1) is 0 Å². The summed E-state index contributed by atoms with van der Waals surface area (Å²) in [6.07, 6.45) is 1.71. The quantitative estimate of drug-likeness (QED) is 0.757. The molecule has 20 heavy (non-hydrogen) atoms. The van der Waals surface area contributed by atoms with Gasteiger partial charge in [-0.3, -0.25) is 4.79 Å². The molecule has 0 radical (unpaired) electrons. The number of rotatable bonds is 6. The SMILES string of the molecule is CC(C)(CNC(C)(C)C)CC(C)(C)CC(=O)C(C)(C)C. The molecule has 0 amide bonds. The molecule has 2 heteroatoms. The molecule has 1 N–H and O–H groups in total. The van der Waals surface area contributed by atoms with Gasteiger partial charge in [-0.2, -0.15) is 0 Å². The smallest absolute Gasteiger partial charge is 0.138 e. The molecule has 0 aromatic rings. The Kier molecular flexibility index (Phi) is 6.06. The van der Waals surface area contributed by atoms with Gasteiger partial charge in [0.15, 0.2) is 0 Å². The van der Waals surface area contributed by atoms with Crippen molar-refractivity contribution in [2.75, 3.05) is 6.54 Å². The van der Waals surface area contributed by atoms with E-state index >= 15 is 0 Å². The van der Waals surface area contributed by atoms with Gasteiger partial charge in [-0.25, -0.2) is 0 Å². The van der Waals surface area contributed by atoms with Gasteiger partial charge in [0.25, 0.3) is 0 Å². The van der Waals surface area contributed by atoms with Crippen molar-refractivity contribution >= 4 is 5.78 Å². The van der Waals surface area contributed by atoms with E-state index in [1.165, 1.54) is 0 Å². The van der Waals surface area contributed by atoms with Gasteiger partial charge in [-0.05, 0) is 38.0 Å². The number of carbonyl (C=O) groups is 1. The standard InChI is InChI=1S/C18H37NO/c1-15(2,3)14(20)11-17(7,8)12-18(9,10)13-19-16(4,5)6/h19H,11-13H2,1-10H3. The number of carbonyl (C=O) groups excluding carboxylic acids is 1. The molecular formula is C18H37NO. The van der Waals surface area contributed by atoms with Crippen molar-refractivity contribution < 1.29 is 4.79 Å². The monoisotopic (exact) mass is 283 g/mol. The van der Waals surface area contributed by atoms with Crippen LogP contribution in [0, 0.1) is 16.2 Å². The van der Waals surface area contributed by atoms with Gasteiger partial charge in [0.2, 0.25) is 0 Å². The summed E-state index contributed by atoms with van der Waals surface area (Å²) in [5.74, 6) is 0.363. The molecule has 0 aliphatic rings. The average Bonchev–Trinajstić information content (AvgIpc) is 2.09. The molecule has 0 saturated carbocycles. The summed E-state index contributed by atoms with van der Waals surface area (Å²) in [5.41, 5.74) is 0.149. The Morgan fingerprint density at radius 3 is 1.60 bits per heavy atom. The zero-order chi connectivity index (χ0) is 16.4. The van der Waals surface area contributed by atoms with Crippen LogP contribution in [0.4, 0.5) is 0 Å². The zero-order valence-electron chi connectivity index (χ0n) is 15.5. The van der Waals surface area contributed by atoms with E-state index in [2.05, 4.69) is 53.8 Å². The number of hydrogen-bond donors (Lipinski definition) is 1. The Morgan fingerprint density at radius 1 is 0.800 bits per heavy atom. The molecule has 0 spiro atoms. The predicted molar refractivity (Wildman–Crippen MR) is 89.0 cm³/mol. The second-order valence-electron chi connectivity index (χ2n) is 9.96. The summed E-state index contributed by atoms with van der Waals surface area (Å²) in [5, 5.41) is 3.58. The molecule has 0 rings (SSSR count). The molecule has 0 saturated heterocycles. The molecule has 0 bridgehead atoms. The van der Waals surface area contributed by atoms with E-state index in [1.807, 2.05) is 20.8 Å². The normalized spacial score (nSPS) is 14.5. The van der Waals surface area contributed by atoms with Crippen molar-refractivity contribution in [2.24, 2.45) is 16.2 Å². The molecule has 0 aliphatic carbocycles. The van der Waals surface area contributed by atoms with Crippen molar-refractivity contribution in [1.29, 1.82) is 0 Å². The molecular weight excluding hydrogens is 246 g/mol. The first-order chi connectivity index (χ1) is 8.54. The molecule has 2 nitrogen and oxygen atoms in total. The molecule has 0 aromatic heterocycles. The van der Waals surface area contributed by atoms with Gasteiger partial charge in [0.1, 0.15) is 5.78 Å². The number of Topliss-reactive ketones (excluding diaryl/α,β-unsaturated/α-hetero) is 1. The number of ketones is 1. The lowest BCUT2D eigenvalue weighted by Crippen LogP contribution is -2.43. The maximum absolute atomic E-state index is 12.3. The minimum Gasteiger partial charge on any atom is -0.312 e. The molecule has 0 heterocycles. The maximum Gasteiger partial charge on any atom is 0.138 e. The van der Waals surface area contributed by atoms with E-state index < -0.39 is 0 Å². The van der Waals surface area contributed by atoms with Crippen LogP contribution in [0.2, 0.25) is 0 Å². The molecule has 0 unspecified atom stereocenters. The summed E-state index contributed by atoms with van der Waals surface area (Å²) >= 11 is 0. The first kappa shape index (κ1) is 19.6. The Balaban J connectivity index is 4.62. The van der Waals surface area contributed by atoms with Crippen LogP contribution in [0.5, 0.6) is 0 Å². The minimum atomic E-state index is -0.231. The Bertz CT molecular complexity index is 326. The van der Waals surface area contributed by atoms with E-state index in [9.17, 15) is 4.79 Å².